The molecule has 0 aliphatic rings. The van der Waals surface area contributed by atoms with Crippen molar-refractivity contribution in [3.05, 3.63) is 0 Å². The van der Waals surface area contributed by atoms with E-state index >= 15 is 0 Å². The normalized spacial score (nSPS) is 13.2. The SMILES string of the molecule is CCOCCN(CCCC(C)O)CCOCC. The largest absolute Gasteiger partial charge is 0.393 e. The predicted molar refractivity (Wildman–Crippen MR) is 70.3 cm³/mol. The van der Waals surface area contributed by atoms with Gasteiger partial charge in [0, 0.05) is 26.3 Å². The van der Waals surface area contributed by atoms with Crippen LogP contribution in [0.2, 0.25) is 0 Å². The molecule has 4 heteroatoms. The van der Waals surface area contributed by atoms with Crippen LogP contribution >= 0.6 is 0 Å². The fraction of sp³-hybridized carbons (Fsp3) is 1.00. The van der Waals surface area contributed by atoms with E-state index in [1.165, 1.54) is 0 Å². The first-order valence-electron chi connectivity index (χ1n) is 6.76. The average molecular weight is 247 g/mol. The van der Waals surface area contributed by atoms with Crippen molar-refractivity contribution in [1.29, 1.82) is 0 Å². The van der Waals surface area contributed by atoms with Crippen LogP contribution in [0.5, 0.6) is 0 Å². The Morgan fingerprint density at radius 1 is 1.00 bits per heavy atom. The number of aliphatic hydroxyl groups is 1. The van der Waals surface area contributed by atoms with Crippen molar-refractivity contribution in [2.24, 2.45) is 0 Å². The first-order valence-corrected chi connectivity index (χ1v) is 6.76. The minimum Gasteiger partial charge on any atom is -0.393 e. The number of hydrogen-bond acceptors (Lipinski definition) is 4. The second kappa shape index (κ2) is 12.3. The molecule has 0 fully saturated rings. The van der Waals surface area contributed by atoms with E-state index in [4.69, 9.17) is 9.47 Å². The lowest BCUT2D eigenvalue weighted by Crippen LogP contribution is -2.32. The summed E-state index contributed by atoms with van der Waals surface area (Å²) < 4.78 is 10.7. The molecule has 0 saturated carbocycles. The lowest BCUT2D eigenvalue weighted by molar-refractivity contribution is 0.0797. The average Bonchev–Trinajstić information content (AvgIpc) is 2.28. The number of ether oxygens (including phenoxy) is 2. The number of nitrogens with zero attached hydrogens (tertiary/aromatic N) is 1. The molecule has 0 amide bonds. The van der Waals surface area contributed by atoms with Crippen molar-refractivity contribution in [3.8, 4) is 0 Å². The summed E-state index contributed by atoms with van der Waals surface area (Å²) in [6.45, 7) is 11.8. The maximum absolute atomic E-state index is 9.23. The van der Waals surface area contributed by atoms with Gasteiger partial charge in [-0.05, 0) is 40.2 Å². The van der Waals surface area contributed by atoms with Gasteiger partial charge in [0.05, 0.1) is 19.3 Å². The molecule has 104 valence electrons. The van der Waals surface area contributed by atoms with Gasteiger partial charge in [-0.1, -0.05) is 0 Å². The summed E-state index contributed by atoms with van der Waals surface area (Å²) in [6, 6.07) is 0. The highest BCUT2D eigenvalue weighted by molar-refractivity contribution is 4.59. The van der Waals surface area contributed by atoms with Crippen LogP contribution in [0.15, 0.2) is 0 Å². The van der Waals surface area contributed by atoms with Crippen LogP contribution in [0.25, 0.3) is 0 Å². The predicted octanol–water partition coefficient (Wildman–Crippen LogP) is 1.52. The van der Waals surface area contributed by atoms with Crippen molar-refractivity contribution in [1.82, 2.24) is 4.90 Å². The van der Waals surface area contributed by atoms with Crippen LogP contribution in [0.4, 0.5) is 0 Å². The Kier molecular flexibility index (Phi) is 12.2. The zero-order valence-corrected chi connectivity index (χ0v) is 11.7. The maximum atomic E-state index is 9.23. The summed E-state index contributed by atoms with van der Waals surface area (Å²) in [6.07, 6.45) is 1.69. The van der Waals surface area contributed by atoms with Crippen molar-refractivity contribution in [2.45, 2.75) is 39.7 Å². The van der Waals surface area contributed by atoms with Crippen molar-refractivity contribution in [3.63, 3.8) is 0 Å². The van der Waals surface area contributed by atoms with Gasteiger partial charge in [0.2, 0.25) is 0 Å². The highest BCUT2D eigenvalue weighted by Gasteiger charge is 2.05. The third kappa shape index (κ3) is 12.1. The Morgan fingerprint density at radius 3 is 1.94 bits per heavy atom. The van der Waals surface area contributed by atoms with E-state index in [0.717, 1.165) is 58.9 Å². The summed E-state index contributed by atoms with van der Waals surface area (Å²) in [5.41, 5.74) is 0. The molecule has 0 saturated heterocycles. The van der Waals surface area contributed by atoms with Gasteiger partial charge in [-0.3, -0.25) is 4.90 Å². The van der Waals surface area contributed by atoms with E-state index in [9.17, 15) is 5.11 Å². The van der Waals surface area contributed by atoms with Crippen LogP contribution in [0, 0.1) is 0 Å². The topological polar surface area (TPSA) is 41.9 Å². The molecule has 0 aromatic carbocycles. The molecular weight excluding hydrogens is 218 g/mol. The Hall–Kier alpha value is -0.160. The zero-order chi connectivity index (χ0) is 12.9. The van der Waals surface area contributed by atoms with E-state index in [-0.39, 0.29) is 6.10 Å². The van der Waals surface area contributed by atoms with Crippen LogP contribution in [0.3, 0.4) is 0 Å². The number of aliphatic hydroxyl groups excluding tert-OH is 1. The minimum atomic E-state index is -0.198. The van der Waals surface area contributed by atoms with Crippen molar-refractivity contribution >= 4 is 0 Å². The standard InChI is InChI=1S/C13H29NO3/c1-4-16-11-9-14(10-12-17-5-2)8-6-7-13(3)15/h13,15H,4-12H2,1-3H3. The second-order valence-electron chi connectivity index (χ2n) is 4.23. The number of hydrogen-bond donors (Lipinski definition) is 1. The molecule has 0 heterocycles. The van der Waals surface area contributed by atoms with Crippen LogP contribution in [-0.4, -0.2) is 62.2 Å². The van der Waals surface area contributed by atoms with Gasteiger partial charge in [0.1, 0.15) is 0 Å². The van der Waals surface area contributed by atoms with Gasteiger partial charge in [0.15, 0.2) is 0 Å². The molecule has 1 atom stereocenters. The van der Waals surface area contributed by atoms with Gasteiger partial charge < -0.3 is 14.6 Å². The molecule has 1 N–H and O–H groups in total. The minimum absolute atomic E-state index is 0.198. The summed E-state index contributed by atoms with van der Waals surface area (Å²) in [7, 11) is 0. The highest BCUT2D eigenvalue weighted by atomic mass is 16.5. The van der Waals surface area contributed by atoms with Gasteiger partial charge in [0.25, 0.3) is 0 Å². The third-order valence-electron chi connectivity index (χ3n) is 2.61. The van der Waals surface area contributed by atoms with E-state index in [1.807, 2.05) is 20.8 Å². The molecule has 4 nitrogen and oxygen atoms in total. The molecule has 0 bridgehead atoms. The molecule has 0 aliphatic heterocycles. The maximum Gasteiger partial charge on any atom is 0.0593 e. The molecule has 0 radical (unpaired) electrons. The summed E-state index contributed by atoms with van der Waals surface area (Å²) in [5, 5.41) is 9.23. The first kappa shape index (κ1) is 16.8. The lowest BCUT2D eigenvalue weighted by Gasteiger charge is -2.22. The molecular formula is C13H29NO3. The van der Waals surface area contributed by atoms with Crippen LogP contribution < -0.4 is 0 Å². The van der Waals surface area contributed by atoms with Crippen molar-refractivity contribution < 1.29 is 14.6 Å². The Morgan fingerprint density at radius 2 is 1.53 bits per heavy atom. The quantitative estimate of drug-likeness (QED) is 0.531. The zero-order valence-electron chi connectivity index (χ0n) is 11.7. The molecule has 0 spiro atoms. The van der Waals surface area contributed by atoms with Gasteiger partial charge in [-0.15, -0.1) is 0 Å². The van der Waals surface area contributed by atoms with Crippen LogP contribution in [0.1, 0.15) is 33.6 Å². The Balaban J connectivity index is 3.67. The van der Waals surface area contributed by atoms with Gasteiger partial charge >= 0.3 is 0 Å². The van der Waals surface area contributed by atoms with E-state index in [0.29, 0.717) is 0 Å². The van der Waals surface area contributed by atoms with Gasteiger partial charge in [-0.2, -0.15) is 0 Å². The fourth-order valence-electron chi connectivity index (χ4n) is 1.62. The first-order chi connectivity index (χ1) is 8.20. The van der Waals surface area contributed by atoms with E-state index < -0.39 is 0 Å². The van der Waals surface area contributed by atoms with E-state index in [2.05, 4.69) is 4.90 Å². The monoisotopic (exact) mass is 247 g/mol. The molecule has 1 unspecified atom stereocenters. The van der Waals surface area contributed by atoms with E-state index in [1.54, 1.807) is 0 Å². The molecule has 0 aromatic heterocycles. The number of rotatable bonds is 12. The molecule has 17 heavy (non-hydrogen) atoms. The van der Waals surface area contributed by atoms with Crippen molar-refractivity contribution in [2.75, 3.05) is 46.1 Å². The summed E-state index contributed by atoms with van der Waals surface area (Å²) >= 11 is 0. The lowest BCUT2D eigenvalue weighted by atomic mass is 10.2. The van der Waals surface area contributed by atoms with Gasteiger partial charge in [-0.25, -0.2) is 0 Å². The third-order valence-corrected chi connectivity index (χ3v) is 2.61. The second-order valence-corrected chi connectivity index (χ2v) is 4.23. The summed E-state index contributed by atoms with van der Waals surface area (Å²) in [5.74, 6) is 0. The summed E-state index contributed by atoms with van der Waals surface area (Å²) in [4.78, 5) is 2.34. The smallest absolute Gasteiger partial charge is 0.0593 e. The molecule has 0 aromatic rings. The highest BCUT2D eigenvalue weighted by Crippen LogP contribution is 1.99. The molecule has 0 rings (SSSR count). The fourth-order valence-corrected chi connectivity index (χ4v) is 1.62. The molecule has 0 aliphatic carbocycles. The van der Waals surface area contributed by atoms with Crippen LogP contribution in [-0.2, 0) is 9.47 Å². The Labute approximate surface area is 106 Å². The Bertz CT molecular complexity index is 144.